The fraction of sp³-hybridized carbons (Fsp3) is 0.474. The van der Waals surface area contributed by atoms with Gasteiger partial charge in [0.15, 0.2) is 7.28 Å². The van der Waals surface area contributed by atoms with Crippen molar-refractivity contribution in [3.63, 3.8) is 0 Å². The van der Waals surface area contributed by atoms with Crippen LogP contribution in [0.15, 0.2) is 59.7 Å². The summed E-state index contributed by atoms with van der Waals surface area (Å²) in [7, 11) is 1.20. The highest BCUT2D eigenvalue weighted by molar-refractivity contribution is 6.46. The molecule has 0 bridgehead atoms. The standard InChI is InChI=1S/C19H29B/c1-3-5-6-9-12-16-20-19(13-4-2)17-18-14-10-7-8-11-15-18/h4,7-8,10,13-15,17,20H,3,5-6,9,11-12,16H2,1-2H3/b13-4-,19-17+. The molecule has 1 heteroatoms. The van der Waals surface area contributed by atoms with Gasteiger partial charge < -0.3 is 0 Å². The van der Waals surface area contributed by atoms with Gasteiger partial charge in [-0.3, -0.25) is 0 Å². The summed E-state index contributed by atoms with van der Waals surface area (Å²) in [5.74, 6) is 0. The summed E-state index contributed by atoms with van der Waals surface area (Å²) < 4.78 is 0. The van der Waals surface area contributed by atoms with Crippen molar-refractivity contribution in [3.05, 3.63) is 59.7 Å². The van der Waals surface area contributed by atoms with Crippen LogP contribution in [0.4, 0.5) is 0 Å². The smallest absolute Gasteiger partial charge is 0.0882 e. The van der Waals surface area contributed by atoms with Gasteiger partial charge in [0.1, 0.15) is 0 Å². The molecule has 0 heterocycles. The molecule has 0 aromatic carbocycles. The van der Waals surface area contributed by atoms with Crippen molar-refractivity contribution in [2.24, 2.45) is 0 Å². The Bertz CT molecular complexity index is 394. The van der Waals surface area contributed by atoms with Crippen molar-refractivity contribution < 1.29 is 0 Å². The highest BCUT2D eigenvalue weighted by atomic mass is 14.0. The highest BCUT2D eigenvalue weighted by Gasteiger charge is 1.98. The molecule has 0 saturated carbocycles. The predicted molar refractivity (Wildman–Crippen MR) is 94.6 cm³/mol. The first-order chi connectivity index (χ1) is 9.86. The molecule has 0 N–H and O–H groups in total. The summed E-state index contributed by atoms with van der Waals surface area (Å²) in [5.41, 5.74) is 2.80. The Morgan fingerprint density at radius 2 is 2.05 bits per heavy atom. The molecule has 108 valence electrons. The van der Waals surface area contributed by atoms with E-state index in [1.807, 2.05) is 0 Å². The number of hydrogen-bond acceptors (Lipinski definition) is 0. The number of allylic oxidation sites excluding steroid dienone is 10. The molecule has 1 aliphatic rings. The molecule has 0 aliphatic heterocycles. The molecular formula is C19H29B. The van der Waals surface area contributed by atoms with Crippen LogP contribution in [0.1, 0.15) is 52.4 Å². The monoisotopic (exact) mass is 268 g/mol. The van der Waals surface area contributed by atoms with Crippen molar-refractivity contribution in [1.29, 1.82) is 0 Å². The average molecular weight is 268 g/mol. The lowest BCUT2D eigenvalue weighted by atomic mass is 9.64. The van der Waals surface area contributed by atoms with E-state index in [2.05, 4.69) is 62.5 Å². The van der Waals surface area contributed by atoms with Crippen LogP contribution in [0.25, 0.3) is 0 Å². The summed E-state index contributed by atoms with van der Waals surface area (Å²) >= 11 is 0. The van der Waals surface area contributed by atoms with Crippen molar-refractivity contribution in [2.45, 2.75) is 58.7 Å². The summed E-state index contributed by atoms with van der Waals surface area (Å²) in [5, 5.41) is 0. The molecule has 0 spiro atoms. The van der Waals surface area contributed by atoms with E-state index in [4.69, 9.17) is 0 Å². The molecule has 0 amide bonds. The first-order valence-electron chi connectivity index (χ1n) is 8.23. The van der Waals surface area contributed by atoms with E-state index in [0.717, 1.165) is 6.42 Å². The van der Waals surface area contributed by atoms with Crippen LogP contribution in [0, 0.1) is 0 Å². The van der Waals surface area contributed by atoms with Gasteiger partial charge in [0.25, 0.3) is 0 Å². The molecule has 0 saturated heterocycles. The third kappa shape index (κ3) is 8.04. The largest absolute Gasteiger partial charge is 0.157 e. The maximum Gasteiger partial charge on any atom is 0.157 e. The normalized spacial score (nSPS) is 15.5. The second kappa shape index (κ2) is 11.6. The molecule has 0 aromatic heterocycles. The molecule has 0 fully saturated rings. The van der Waals surface area contributed by atoms with Crippen molar-refractivity contribution in [2.75, 3.05) is 0 Å². The molecule has 0 atom stereocenters. The maximum atomic E-state index is 2.34. The molecular weight excluding hydrogens is 239 g/mol. The molecule has 0 nitrogen and oxygen atoms in total. The zero-order chi connectivity index (χ0) is 14.5. The fourth-order valence-corrected chi connectivity index (χ4v) is 2.44. The van der Waals surface area contributed by atoms with Crippen LogP contribution in [-0.4, -0.2) is 7.28 Å². The van der Waals surface area contributed by atoms with Crippen LogP contribution < -0.4 is 0 Å². The van der Waals surface area contributed by atoms with Gasteiger partial charge >= 0.3 is 0 Å². The average Bonchev–Trinajstić information content (AvgIpc) is 2.71. The highest BCUT2D eigenvalue weighted by Crippen LogP contribution is 2.12. The summed E-state index contributed by atoms with van der Waals surface area (Å²) in [6.45, 7) is 4.38. The summed E-state index contributed by atoms with van der Waals surface area (Å²) in [6.07, 6.45) is 27.0. The minimum absolute atomic E-state index is 1.04. The minimum atomic E-state index is 1.04. The van der Waals surface area contributed by atoms with Gasteiger partial charge in [0.05, 0.1) is 0 Å². The third-order valence-electron chi connectivity index (χ3n) is 3.58. The second-order valence-electron chi connectivity index (χ2n) is 5.46. The van der Waals surface area contributed by atoms with Gasteiger partial charge in [-0.05, 0) is 18.9 Å². The van der Waals surface area contributed by atoms with E-state index in [1.165, 1.54) is 56.7 Å². The molecule has 0 unspecified atom stereocenters. The molecule has 0 aromatic rings. The van der Waals surface area contributed by atoms with Crippen molar-refractivity contribution >= 4 is 7.28 Å². The Kier molecular flexibility index (Phi) is 9.74. The van der Waals surface area contributed by atoms with Crippen LogP contribution in [0.5, 0.6) is 0 Å². The Hall–Kier alpha value is -1.24. The minimum Gasteiger partial charge on any atom is -0.0882 e. The van der Waals surface area contributed by atoms with E-state index in [9.17, 15) is 0 Å². The Balaban J connectivity index is 2.41. The summed E-state index contributed by atoms with van der Waals surface area (Å²) in [4.78, 5) is 0. The zero-order valence-electron chi connectivity index (χ0n) is 13.3. The van der Waals surface area contributed by atoms with Gasteiger partial charge in [-0.1, -0.05) is 99.4 Å². The van der Waals surface area contributed by atoms with E-state index >= 15 is 0 Å². The van der Waals surface area contributed by atoms with Gasteiger partial charge in [-0.25, -0.2) is 0 Å². The Morgan fingerprint density at radius 3 is 2.85 bits per heavy atom. The van der Waals surface area contributed by atoms with Gasteiger partial charge in [0.2, 0.25) is 0 Å². The second-order valence-corrected chi connectivity index (χ2v) is 5.46. The number of hydrogen-bond donors (Lipinski definition) is 0. The van der Waals surface area contributed by atoms with E-state index in [0.29, 0.717) is 0 Å². The van der Waals surface area contributed by atoms with Crippen molar-refractivity contribution in [1.82, 2.24) is 0 Å². The quantitative estimate of drug-likeness (QED) is 0.285. The lowest BCUT2D eigenvalue weighted by Gasteiger charge is -2.03. The fourth-order valence-electron chi connectivity index (χ4n) is 2.44. The van der Waals surface area contributed by atoms with Gasteiger partial charge in [-0.15, -0.1) is 0 Å². The molecule has 20 heavy (non-hydrogen) atoms. The molecule has 1 aliphatic carbocycles. The maximum absolute atomic E-state index is 2.34. The van der Waals surface area contributed by atoms with E-state index in [1.54, 1.807) is 0 Å². The van der Waals surface area contributed by atoms with Crippen LogP contribution in [0.2, 0.25) is 6.32 Å². The third-order valence-corrected chi connectivity index (χ3v) is 3.58. The predicted octanol–water partition coefficient (Wildman–Crippen LogP) is 5.71. The van der Waals surface area contributed by atoms with E-state index in [-0.39, 0.29) is 0 Å². The Labute approximate surface area is 126 Å². The van der Waals surface area contributed by atoms with Crippen LogP contribution in [-0.2, 0) is 0 Å². The van der Waals surface area contributed by atoms with Gasteiger partial charge in [0, 0.05) is 0 Å². The number of unbranched alkanes of at least 4 members (excludes halogenated alkanes) is 4. The lowest BCUT2D eigenvalue weighted by molar-refractivity contribution is 0.655. The SMILES string of the molecule is C/C=C\C(BCCCCCCC)=C/C1=CCC=CC=C1. The van der Waals surface area contributed by atoms with Crippen LogP contribution >= 0.6 is 0 Å². The first-order valence-corrected chi connectivity index (χ1v) is 8.23. The topological polar surface area (TPSA) is 0 Å². The van der Waals surface area contributed by atoms with Crippen molar-refractivity contribution in [3.8, 4) is 0 Å². The Morgan fingerprint density at radius 1 is 1.20 bits per heavy atom. The number of rotatable bonds is 9. The zero-order valence-corrected chi connectivity index (χ0v) is 13.3. The van der Waals surface area contributed by atoms with Gasteiger partial charge in [-0.2, -0.15) is 0 Å². The molecule has 1 rings (SSSR count). The molecule has 0 radical (unpaired) electrons. The first kappa shape index (κ1) is 16.8. The van der Waals surface area contributed by atoms with E-state index < -0.39 is 0 Å². The lowest BCUT2D eigenvalue weighted by Crippen LogP contribution is -1.95. The van der Waals surface area contributed by atoms with Crippen LogP contribution in [0.3, 0.4) is 0 Å². The summed E-state index contributed by atoms with van der Waals surface area (Å²) in [6, 6.07) is 0.